The maximum Gasteiger partial charge on any atom is 0.251 e. The van der Waals surface area contributed by atoms with Gasteiger partial charge < -0.3 is 14.6 Å². The van der Waals surface area contributed by atoms with E-state index in [-0.39, 0.29) is 17.8 Å². The predicted molar refractivity (Wildman–Crippen MR) is 96.1 cm³/mol. The van der Waals surface area contributed by atoms with E-state index in [0.717, 1.165) is 16.7 Å². The summed E-state index contributed by atoms with van der Waals surface area (Å²) in [6, 6.07) is 13.6. The van der Waals surface area contributed by atoms with Crippen LogP contribution in [0, 0.1) is 12.7 Å². The first kappa shape index (κ1) is 17.2. The minimum absolute atomic E-state index is 0.191. The highest BCUT2D eigenvalue weighted by Crippen LogP contribution is 2.22. The van der Waals surface area contributed by atoms with Gasteiger partial charge in [-0.2, -0.15) is 0 Å². The molecule has 0 aliphatic heterocycles. The topological polar surface area (TPSA) is 45.5 Å². The molecule has 25 heavy (non-hydrogen) atoms. The summed E-state index contributed by atoms with van der Waals surface area (Å²) in [5, 5.41) is 3.79. The Bertz CT molecular complexity index is 902. The zero-order chi connectivity index (χ0) is 18.0. The van der Waals surface area contributed by atoms with Crippen LogP contribution in [0.1, 0.15) is 27.7 Å². The van der Waals surface area contributed by atoms with Gasteiger partial charge in [0.2, 0.25) is 0 Å². The van der Waals surface area contributed by atoms with E-state index in [0.29, 0.717) is 17.7 Å². The van der Waals surface area contributed by atoms with Crippen molar-refractivity contribution in [2.75, 3.05) is 20.6 Å². The number of carbonyl (C=O) groups is 1. The number of nitrogens with zero attached hydrogens (tertiary/aromatic N) is 1. The molecule has 0 saturated carbocycles. The number of rotatable bonds is 5. The number of likely N-dealkylation sites (N-methyl/N-ethyl adjacent to an activating group) is 1. The lowest BCUT2D eigenvalue weighted by atomic mass is 10.0. The van der Waals surface area contributed by atoms with Gasteiger partial charge in [-0.1, -0.05) is 18.2 Å². The fourth-order valence-electron chi connectivity index (χ4n) is 2.92. The summed E-state index contributed by atoms with van der Waals surface area (Å²) in [7, 11) is 3.73. The fourth-order valence-corrected chi connectivity index (χ4v) is 2.92. The van der Waals surface area contributed by atoms with Crippen LogP contribution < -0.4 is 5.32 Å². The quantitative estimate of drug-likeness (QED) is 0.766. The van der Waals surface area contributed by atoms with Crippen molar-refractivity contribution in [1.82, 2.24) is 10.2 Å². The first-order valence-corrected chi connectivity index (χ1v) is 8.15. The Hall–Kier alpha value is -2.66. The number of amides is 1. The van der Waals surface area contributed by atoms with Crippen molar-refractivity contribution in [3.05, 3.63) is 71.2 Å². The van der Waals surface area contributed by atoms with E-state index < -0.39 is 0 Å². The normalized spacial score (nSPS) is 12.5. The van der Waals surface area contributed by atoms with Crippen LogP contribution in [0.5, 0.6) is 0 Å². The van der Waals surface area contributed by atoms with E-state index in [9.17, 15) is 9.18 Å². The first-order chi connectivity index (χ1) is 12.0. The summed E-state index contributed by atoms with van der Waals surface area (Å²) in [6.45, 7) is 2.19. The molecule has 0 aliphatic rings. The van der Waals surface area contributed by atoms with E-state index >= 15 is 0 Å². The summed E-state index contributed by atoms with van der Waals surface area (Å²) in [5.74, 6) is 0.342. The van der Waals surface area contributed by atoms with Crippen molar-refractivity contribution in [3.63, 3.8) is 0 Å². The van der Waals surface area contributed by atoms with Crippen molar-refractivity contribution in [2.45, 2.75) is 13.0 Å². The Morgan fingerprint density at radius 2 is 1.96 bits per heavy atom. The minimum atomic E-state index is -0.272. The van der Waals surface area contributed by atoms with Crippen LogP contribution in [0.4, 0.5) is 4.39 Å². The average molecular weight is 340 g/mol. The number of hydrogen-bond acceptors (Lipinski definition) is 3. The number of carbonyl (C=O) groups excluding carboxylic acids is 1. The molecule has 0 bridgehead atoms. The van der Waals surface area contributed by atoms with Crippen LogP contribution in [0.15, 0.2) is 52.9 Å². The molecule has 0 saturated heterocycles. The highest BCUT2D eigenvalue weighted by atomic mass is 19.1. The molecular weight excluding hydrogens is 319 g/mol. The lowest BCUT2D eigenvalue weighted by Crippen LogP contribution is -2.35. The van der Waals surface area contributed by atoms with Gasteiger partial charge in [-0.05, 0) is 51.4 Å². The summed E-state index contributed by atoms with van der Waals surface area (Å²) < 4.78 is 19.6. The molecule has 1 atom stereocenters. The largest absolute Gasteiger partial charge is 0.461 e. The van der Waals surface area contributed by atoms with Crippen molar-refractivity contribution in [1.29, 1.82) is 0 Å². The molecule has 3 rings (SSSR count). The summed E-state index contributed by atoms with van der Waals surface area (Å²) in [4.78, 5) is 14.4. The SMILES string of the molecule is Cc1cc2cc(C(=O)NC[C@@H](c3ccccc3F)N(C)C)ccc2o1. The zero-order valence-electron chi connectivity index (χ0n) is 14.5. The van der Waals surface area contributed by atoms with E-state index in [4.69, 9.17) is 4.42 Å². The molecule has 0 unspecified atom stereocenters. The molecule has 130 valence electrons. The van der Waals surface area contributed by atoms with E-state index in [1.54, 1.807) is 36.4 Å². The van der Waals surface area contributed by atoms with Crippen LogP contribution in [0.25, 0.3) is 11.0 Å². The average Bonchev–Trinajstić information content (AvgIpc) is 2.95. The van der Waals surface area contributed by atoms with Gasteiger partial charge >= 0.3 is 0 Å². The van der Waals surface area contributed by atoms with Crippen molar-refractivity contribution in [3.8, 4) is 0 Å². The second kappa shape index (κ2) is 7.07. The zero-order valence-corrected chi connectivity index (χ0v) is 14.5. The fraction of sp³-hybridized carbons (Fsp3) is 0.250. The number of halogens is 1. The van der Waals surface area contributed by atoms with Gasteiger partial charge in [-0.15, -0.1) is 0 Å². The van der Waals surface area contributed by atoms with Gasteiger partial charge in [0.1, 0.15) is 17.2 Å². The highest BCUT2D eigenvalue weighted by molar-refractivity contribution is 5.97. The predicted octanol–water partition coefficient (Wildman–Crippen LogP) is 3.91. The van der Waals surface area contributed by atoms with E-state index in [1.807, 2.05) is 32.0 Å². The summed E-state index contributed by atoms with van der Waals surface area (Å²) in [6.07, 6.45) is 0. The Labute approximate surface area is 146 Å². The van der Waals surface area contributed by atoms with Crippen LogP contribution in [0.3, 0.4) is 0 Å². The molecule has 4 nitrogen and oxygen atoms in total. The third-order valence-corrected chi connectivity index (χ3v) is 4.25. The summed E-state index contributed by atoms with van der Waals surface area (Å²) in [5.41, 5.74) is 1.87. The molecule has 5 heteroatoms. The summed E-state index contributed by atoms with van der Waals surface area (Å²) >= 11 is 0. The second-order valence-electron chi connectivity index (χ2n) is 6.32. The van der Waals surface area contributed by atoms with Crippen LogP contribution in [-0.4, -0.2) is 31.4 Å². The molecule has 0 spiro atoms. The lowest BCUT2D eigenvalue weighted by Gasteiger charge is -2.25. The monoisotopic (exact) mass is 340 g/mol. The van der Waals surface area contributed by atoms with Gasteiger partial charge in [-0.25, -0.2) is 4.39 Å². The molecule has 0 fully saturated rings. The van der Waals surface area contributed by atoms with Gasteiger partial charge in [-0.3, -0.25) is 4.79 Å². The molecule has 1 N–H and O–H groups in total. The second-order valence-corrected chi connectivity index (χ2v) is 6.32. The third-order valence-electron chi connectivity index (χ3n) is 4.25. The van der Waals surface area contributed by atoms with Crippen molar-refractivity contribution < 1.29 is 13.6 Å². The minimum Gasteiger partial charge on any atom is -0.461 e. The van der Waals surface area contributed by atoms with Crippen LogP contribution in [-0.2, 0) is 0 Å². The highest BCUT2D eigenvalue weighted by Gasteiger charge is 2.19. The van der Waals surface area contributed by atoms with Gasteiger partial charge in [0.25, 0.3) is 5.91 Å². The molecular formula is C20H21FN2O2. The molecule has 2 aromatic carbocycles. The van der Waals surface area contributed by atoms with E-state index in [1.165, 1.54) is 6.07 Å². The van der Waals surface area contributed by atoms with Crippen molar-refractivity contribution >= 4 is 16.9 Å². The smallest absolute Gasteiger partial charge is 0.251 e. The standard InChI is InChI=1S/C20H21FN2O2/c1-13-10-15-11-14(8-9-19(15)25-13)20(24)22-12-18(23(2)3)16-6-4-5-7-17(16)21/h4-11,18H,12H2,1-3H3,(H,22,24)/t18-/m0/s1. The molecule has 1 aromatic heterocycles. The van der Waals surface area contributed by atoms with Crippen molar-refractivity contribution in [2.24, 2.45) is 0 Å². The number of nitrogens with one attached hydrogen (secondary N) is 1. The number of furan rings is 1. The molecule has 3 aromatic rings. The van der Waals surface area contributed by atoms with Crippen LogP contribution in [0.2, 0.25) is 0 Å². The maximum atomic E-state index is 14.1. The number of benzene rings is 2. The van der Waals surface area contributed by atoms with Crippen LogP contribution >= 0.6 is 0 Å². The number of fused-ring (bicyclic) bond motifs is 1. The van der Waals surface area contributed by atoms with Gasteiger partial charge in [0.15, 0.2) is 0 Å². The Morgan fingerprint density at radius 1 is 1.20 bits per heavy atom. The lowest BCUT2D eigenvalue weighted by molar-refractivity contribution is 0.0941. The Balaban J connectivity index is 1.75. The maximum absolute atomic E-state index is 14.1. The van der Waals surface area contributed by atoms with E-state index in [2.05, 4.69) is 5.32 Å². The molecule has 1 heterocycles. The number of hydrogen-bond donors (Lipinski definition) is 1. The van der Waals surface area contributed by atoms with Gasteiger partial charge in [0, 0.05) is 23.1 Å². The molecule has 0 radical (unpaired) electrons. The first-order valence-electron chi connectivity index (χ1n) is 8.15. The van der Waals surface area contributed by atoms with Gasteiger partial charge in [0.05, 0.1) is 6.04 Å². The number of aryl methyl sites for hydroxylation is 1. The third kappa shape index (κ3) is 3.72. The molecule has 1 amide bonds. The molecule has 0 aliphatic carbocycles. The Kier molecular flexibility index (Phi) is 4.86. The Morgan fingerprint density at radius 3 is 2.68 bits per heavy atom.